The second kappa shape index (κ2) is 4.50. The molecule has 0 aliphatic carbocycles. The molecule has 1 rings (SSSR count). The number of azide groups is 1. The molecule has 0 amide bonds. The summed E-state index contributed by atoms with van der Waals surface area (Å²) < 4.78 is 0. The van der Waals surface area contributed by atoms with E-state index in [2.05, 4.69) is 10.0 Å². The highest BCUT2D eigenvalue weighted by Crippen LogP contribution is 2.17. The van der Waals surface area contributed by atoms with Crippen LogP contribution in [0.5, 0.6) is 0 Å². The van der Waals surface area contributed by atoms with Crippen LogP contribution in [0.1, 0.15) is 17.2 Å². The monoisotopic (exact) mass is 177 g/mol. The van der Waals surface area contributed by atoms with Gasteiger partial charge in [-0.15, -0.1) is 0 Å². The number of hydrogen-bond donors (Lipinski definition) is 1. The fraction of sp³-hybridized carbons (Fsp3) is 0.333. The maximum absolute atomic E-state index is 8.92. The molecule has 0 spiro atoms. The summed E-state index contributed by atoms with van der Waals surface area (Å²) in [5.41, 5.74) is 10.2. The molecule has 1 N–H and O–H groups in total. The minimum atomic E-state index is -0.467. The molecule has 0 radical (unpaired) electrons. The number of nitrogens with zero attached hydrogens (tertiary/aromatic N) is 3. The Hall–Kier alpha value is -1.51. The molecule has 68 valence electrons. The lowest BCUT2D eigenvalue weighted by atomic mass is 10.1. The third-order valence-electron chi connectivity index (χ3n) is 1.83. The summed E-state index contributed by atoms with van der Waals surface area (Å²) in [4.78, 5) is 2.67. The molecule has 1 unspecified atom stereocenters. The van der Waals surface area contributed by atoms with Crippen molar-refractivity contribution >= 4 is 0 Å². The Morgan fingerprint density at radius 3 is 2.54 bits per heavy atom. The first-order chi connectivity index (χ1) is 6.27. The number of aryl methyl sites for hydroxylation is 1. The van der Waals surface area contributed by atoms with Crippen molar-refractivity contribution in [3.05, 3.63) is 45.8 Å². The number of aliphatic hydroxyl groups excluding tert-OH is 1. The van der Waals surface area contributed by atoms with Crippen molar-refractivity contribution in [2.75, 3.05) is 6.61 Å². The van der Waals surface area contributed by atoms with E-state index in [1.165, 1.54) is 0 Å². The highest BCUT2D eigenvalue weighted by Gasteiger charge is 2.06. The zero-order chi connectivity index (χ0) is 9.68. The lowest BCUT2D eigenvalue weighted by Crippen LogP contribution is -1.99. The van der Waals surface area contributed by atoms with E-state index in [0.717, 1.165) is 11.1 Å². The van der Waals surface area contributed by atoms with Crippen molar-refractivity contribution in [2.24, 2.45) is 5.11 Å². The van der Waals surface area contributed by atoms with Crippen LogP contribution in [0, 0.1) is 6.92 Å². The van der Waals surface area contributed by atoms with E-state index >= 15 is 0 Å². The van der Waals surface area contributed by atoms with Crippen LogP contribution in [-0.2, 0) is 0 Å². The van der Waals surface area contributed by atoms with Gasteiger partial charge in [-0.25, -0.2) is 0 Å². The minimum Gasteiger partial charge on any atom is -0.396 e. The Kier molecular flexibility index (Phi) is 3.31. The third kappa shape index (κ3) is 2.47. The predicted molar refractivity (Wildman–Crippen MR) is 50.2 cm³/mol. The summed E-state index contributed by atoms with van der Waals surface area (Å²) >= 11 is 0. The van der Waals surface area contributed by atoms with Gasteiger partial charge in [0.25, 0.3) is 0 Å². The molecule has 1 atom stereocenters. The van der Waals surface area contributed by atoms with E-state index in [4.69, 9.17) is 10.6 Å². The molecule has 0 bridgehead atoms. The molecular weight excluding hydrogens is 166 g/mol. The summed E-state index contributed by atoms with van der Waals surface area (Å²) in [6.07, 6.45) is 0. The lowest BCUT2D eigenvalue weighted by Gasteiger charge is -2.07. The van der Waals surface area contributed by atoms with Crippen LogP contribution in [0.15, 0.2) is 29.4 Å². The lowest BCUT2D eigenvalue weighted by molar-refractivity contribution is 0.268. The van der Waals surface area contributed by atoms with Crippen molar-refractivity contribution in [2.45, 2.75) is 13.0 Å². The van der Waals surface area contributed by atoms with Crippen molar-refractivity contribution in [1.29, 1.82) is 0 Å². The summed E-state index contributed by atoms with van der Waals surface area (Å²) in [7, 11) is 0. The molecule has 0 saturated carbocycles. The molecule has 0 aliphatic rings. The molecular formula is C9H11N3O. The normalized spacial score (nSPS) is 11.8. The van der Waals surface area contributed by atoms with Crippen molar-refractivity contribution < 1.29 is 5.11 Å². The van der Waals surface area contributed by atoms with Gasteiger partial charge in [-0.1, -0.05) is 34.9 Å². The molecule has 0 aromatic heterocycles. The molecule has 0 heterocycles. The molecule has 0 fully saturated rings. The van der Waals surface area contributed by atoms with E-state index < -0.39 is 6.04 Å². The Balaban J connectivity index is 2.91. The average molecular weight is 177 g/mol. The Bertz CT molecular complexity index is 314. The number of hydrogen-bond acceptors (Lipinski definition) is 2. The van der Waals surface area contributed by atoms with Crippen molar-refractivity contribution in [1.82, 2.24) is 0 Å². The van der Waals surface area contributed by atoms with Gasteiger partial charge < -0.3 is 5.11 Å². The van der Waals surface area contributed by atoms with Gasteiger partial charge in [0.2, 0.25) is 0 Å². The molecule has 0 aliphatic heterocycles. The summed E-state index contributed by atoms with van der Waals surface area (Å²) in [5, 5.41) is 12.4. The fourth-order valence-corrected chi connectivity index (χ4v) is 1.06. The Labute approximate surface area is 76.5 Å². The van der Waals surface area contributed by atoms with Crippen LogP contribution in [0.2, 0.25) is 0 Å². The van der Waals surface area contributed by atoms with Crippen LogP contribution >= 0.6 is 0 Å². The van der Waals surface area contributed by atoms with Crippen LogP contribution in [-0.4, -0.2) is 11.7 Å². The first kappa shape index (κ1) is 9.58. The maximum Gasteiger partial charge on any atom is 0.0856 e. The topological polar surface area (TPSA) is 69.0 Å². The SMILES string of the molecule is Cc1ccc(C(CO)N=[N+]=[N-])cc1. The highest BCUT2D eigenvalue weighted by atomic mass is 16.3. The summed E-state index contributed by atoms with van der Waals surface area (Å²) in [5.74, 6) is 0. The van der Waals surface area contributed by atoms with E-state index in [-0.39, 0.29) is 6.61 Å². The van der Waals surface area contributed by atoms with E-state index in [0.29, 0.717) is 0 Å². The van der Waals surface area contributed by atoms with Crippen LogP contribution in [0.4, 0.5) is 0 Å². The van der Waals surface area contributed by atoms with E-state index in [1.54, 1.807) is 0 Å². The molecule has 1 aromatic rings. The van der Waals surface area contributed by atoms with Gasteiger partial charge in [0.05, 0.1) is 12.6 Å². The number of benzene rings is 1. The summed E-state index contributed by atoms with van der Waals surface area (Å²) in [6.45, 7) is 1.82. The van der Waals surface area contributed by atoms with Crippen molar-refractivity contribution in [3.63, 3.8) is 0 Å². The van der Waals surface area contributed by atoms with Crippen molar-refractivity contribution in [3.8, 4) is 0 Å². The molecule has 13 heavy (non-hydrogen) atoms. The summed E-state index contributed by atoms with van der Waals surface area (Å²) in [6, 6.07) is 7.08. The van der Waals surface area contributed by atoms with Crippen LogP contribution in [0.3, 0.4) is 0 Å². The quantitative estimate of drug-likeness (QED) is 0.429. The standard InChI is InChI=1S/C9H11N3O/c1-7-2-4-8(5-3-7)9(6-13)11-12-10/h2-5,9,13H,6H2,1H3. The predicted octanol–water partition coefficient (Wildman–Crippen LogP) is 2.34. The smallest absolute Gasteiger partial charge is 0.0856 e. The largest absolute Gasteiger partial charge is 0.396 e. The average Bonchev–Trinajstić information content (AvgIpc) is 2.16. The van der Waals surface area contributed by atoms with Crippen LogP contribution in [0.25, 0.3) is 10.4 Å². The van der Waals surface area contributed by atoms with Gasteiger partial charge in [0.1, 0.15) is 0 Å². The first-order valence-corrected chi connectivity index (χ1v) is 3.99. The van der Waals surface area contributed by atoms with Gasteiger partial charge >= 0.3 is 0 Å². The molecule has 4 nitrogen and oxygen atoms in total. The highest BCUT2D eigenvalue weighted by molar-refractivity contribution is 5.24. The van der Waals surface area contributed by atoms with Gasteiger partial charge in [-0.05, 0) is 18.0 Å². The molecule has 1 aromatic carbocycles. The number of aliphatic hydroxyl groups is 1. The third-order valence-corrected chi connectivity index (χ3v) is 1.83. The second-order valence-electron chi connectivity index (χ2n) is 2.81. The van der Waals surface area contributed by atoms with Gasteiger partial charge in [0, 0.05) is 4.91 Å². The zero-order valence-electron chi connectivity index (χ0n) is 7.38. The van der Waals surface area contributed by atoms with Crippen LogP contribution < -0.4 is 0 Å². The Morgan fingerprint density at radius 2 is 2.08 bits per heavy atom. The van der Waals surface area contributed by atoms with E-state index in [9.17, 15) is 0 Å². The van der Waals surface area contributed by atoms with Gasteiger partial charge in [-0.2, -0.15) is 0 Å². The van der Waals surface area contributed by atoms with E-state index in [1.807, 2.05) is 31.2 Å². The molecule has 0 saturated heterocycles. The Morgan fingerprint density at radius 1 is 1.46 bits per heavy atom. The molecule has 4 heteroatoms. The maximum atomic E-state index is 8.92. The number of rotatable bonds is 3. The minimum absolute atomic E-state index is 0.160. The van der Waals surface area contributed by atoms with Gasteiger partial charge in [0.15, 0.2) is 0 Å². The van der Waals surface area contributed by atoms with Gasteiger partial charge in [-0.3, -0.25) is 0 Å². The second-order valence-corrected chi connectivity index (χ2v) is 2.81. The zero-order valence-corrected chi connectivity index (χ0v) is 7.38. The fourth-order valence-electron chi connectivity index (χ4n) is 1.06. The first-order valence-electron chi connectivity index (χ1n) is 3.99.